The van der Waals surface area contributed by atoms with Crippen LogP contribution in [0.4, 0.5) is 5.95 Å². The molecule has 34 heavy (non-hydrogen) atoms. The molecular weight excluding hydrogens is 436 g/mol. The van der Waals surface area contributed by atoms with Crippen LogP contribution in [0.3, 0.4) is 0 Å². The van der Waals surface area contributed by atoms with Crippen LogP contribution < -0.4 is 16.1 Å². The maximum absolute atomic E-state index is 12.6. The van der Waals surface area contributed by atoms with Crippen molar-refractivity contribution >= 4 is 23.1 Å². The fraction of sp³-hybridized carbons (Fsp3) is 0.500. The van der Waals surface area contributed by atoms with Crippen molar-refractivity contribution < 1.29 is 9.53 Å². The molecule has 3 aromatic rings. The minimum atomic E-state index is -0.476. The summed E-state index contributed by atoms with van der Waals surface area (Å²) in [6, 6.07) is 9.62. The zero-order chi connectivity index (χ0) is 24.2. The van der Waals surface area contributed by atoms with Crippen LogP contribution in [0, 0.1) is 5.92 Å². The number of carbonyl (C=O) groups is 1. The van der Waals surface area contributed by atoms with Gasteiger partial charge in [-0.25, -0.2) is 4.79 Å². The molecule has 3 heterocycles. The lowest BCUT2D eigenvalue weighted by atomic mass is 10.1. The molecule has 1 aromatic carbocycles. The second kappa shape index (κ2) is 10.3. The number of aryl methyl sites for hydroxylation is 2. The number of aromatic nitrogens is 4. The van der Waals surface area contributed by atoms with Gasteiger partial charge in [-0.15, -0.1) is 0 Å². The van der Waals surface area contributed by atoms with Crippen molar-refractivity contribution in [2.24, 2.45) is 13.0 Å². The largest absolute Gasteiger partial charge is 0.460 e. The van der Waals surface area contributed by atoms with Crippen LogP contribution >= 0.6 is 0 Å². The van der Waals surface area contributed by atoms with Crippen LogP contribution in [0.5, 0.6) is 0 Å². The van der Waals surface area contributed by atoms with Crippen LogP contribution in [-0.4, -0.2) is 62.7 Å². The van der Waals surface area contributed by atoms with Gasteiger partial charge in [0.2, 0.25) is 5.95 Å². The number of piperazine rings is 1. The number of fused-ring (bicyclic) bond motifs is 1. The normalized spacial score (nSPS) is 14.8. The molecule has 1 fully saturated rings. The van der Waals surface area contributed by atoms with Gasteiger partial charge in [0.05, 0.1) is 6.54 Å². The summed E-state index contributed by atoms with van der Waals surface area (Å²) in [5.41, 5.74) is 0.881. The maximum Gasteiger partial charge on any atom is 0.329 e. The molecule has 0 bridgehead atoms. The first-order valence-corrected chi connectivity index (χ1v) is 11.7. The number of nitrogens with zero attached hydrogens (tertiary/aromatic N) is 5. The summed E-state index contributed by atoms with van der Waals surface area (Å²) in [6.07, 6.45) is 0.883. The third kappa shape index (κ3) is 5.22. The van der Waals surface area contributed by atoms with Crippen LogP contribution in [0.2, 0.25) is 0 Å². The lowest BCUT2D eigenvalue weighted by Crippen LogP contribution is -2.49. The number of hydrogen-bond donors (Lipinski definition) is 1. The first-order valence-electron chi connectivity index (χ1n) is 11.7. The third-order valence-electron chi connectivity index (χ3n) is 6.17. The molecule has 1 N–H and O–H groups in total. The van der Waals surface area contributed by atoms with Gasteiger partial charge < -0.3 is 14.2 Å². The van der Waals surface area contributed by atoms with E-state index in [4.69, 9.17) is 9.72 Å². The Hall–Kier alpha value is -3.40. The Morgan fingerprint density at radius 3 is 2.50 bits per heavy atom. The molecule has 0 atom stereocenters. The molecule has 0 saturated carbocycles. The molecule has 0 aliphatic carbocycles. The van der Waals surface area contributed by atoms with E-state index in [0.717, 1.165) is 12.0 Å². The van der Waals surface area contributed by atoms with E-state index in [9.17, 15) is 14.4 Å². The van der Waals surface area contributed by atoms with Crippen LogP contribution in [0.15, 0.2) is 39.9 Å². The van der Waals surface area contributed by atoms with Crippen molar-refractivity contribution in [1.82, 2.24) is 24.0 Å². The summed E-state index contributed by atoms with van der Waals surface area (Å²) in [5, 5.41) is 0. The molecule has 1 aliphatic heterocycles. The molecule has 4 rings (SSSR count). The molecule has 10 nitrogen and oxygen atoms in total. The minimum Gasteiger partial charge on any atom is -0.460 e. The van der Waals surface area contributed by atoms with Crippen LogP contribution in [0.25, 0.3) is 11.2 Å². The second-order valence-corrected chi connectivity index (χ2v) is 9.15. The van der Waals surface area contributed by atoms with Crippen molar-refractivity contribution in [2.45, 2.75) is 33.4 Å². The van der Waals surface area contributed by atoms with Crippen molar-refractivity contribution in [1.29, 1.82) is 0 Å². The van der Waals surface area contributed by atoms with Gasteiger partial charge in [0.25, 0.3) is 5.56 Å². The number of aromatic amines is 1. The Bertz CT molecular complexity index is 1250. The highest BCUT2D eigenvalue weighted by Gasteiger charge is 2.26. The molecule has 2 aromatic heterocycles. The van der Waals surface area contributed by atoms with E-state index < -0.39 is 11.2 Å². The Labute approximate surface area is 197 Å². The molecular formula is C24H32N6O4. The van der Waals surface area contributed by atoms with Gasteiger partial charge in [0.1, 0.15) is 6.61 Å². The van der Waals surface area contributed by atoms with Crippen LogP contribution in [0.1, 0.15) is 25.8 Å². The van der Waals surface area contributed by atoms with Crippen LogP contribution in [-0.2, 0) is 29.7 Å². The van der Waals surface area contributed by atoms with Gasteiger partial charge in [-0.3, -0.25) is 24.0 Å². The Kier molecular flexibility index (Phi) is 7.16. The number of anilines is 1. The van der Waals surface area contributed by atoms with Crippen molar-refractivity contribution in [2.75, 3.05) is 37.6 Å². The Morgan fingerprint density at radius 1 is 1.12 bits per heavy atom. The van der Waals surface area contributed by atoms with Gasteiger partial charge in [-0.2, -0.15) is 4.98 Å². The molecule has 0 unspecified atom stereocenters. The molecule has 10 heteroatoms. The standard InChI is InChI=1S/C24H32N6O4/c1-17(2)9-10-30-20-21(27(3)24(33)26-22(20)32)25-23(30)29-13-11-28(12-14-29)15-19(31)34-16-18-7-5-4-6-8-18/h4-8,17H,9-16H2,1-3H3,(H,26,32,33). The molecule has 1 aliphatic rings. The fourth-order valence-electron chi connectivity index (χ4n) is 4.14. The SMILES string of the molecule is CC(C)CCn1c(N2CCN(CC(=O)OCc3ccccc3)CC2)nc2c1c(=O)[nH]c(=O)n2C. The highest BCUT2D eigenvalue weighted by atomic mass is 16.5. The number of imidazole rings is 1. The first-order chi connectivity index (χ1) is 16.3. The van der Waals surface area contributed by atoms with E-state index in [-0.39, 0.29) is 19.1 Å². The lowest BCUT2D eigenvalue weighted by Gasteiger charge is -2.35. The molecule has 0 radical (unpaired) electrons. The summed E-state index contributed by atoms with van der Waals surface area (Å²) in [5.74, 6) is 0.896. The van der Waals surface area contributed by atoms with Gasteiger partial charge in [-0.1, -0.05) is 44.2 Å². The average Bonchev–Trinajstić information content (AvgIpc) is 3.21. The average molecular weight is 469 g/mol. The van der Waals surface area contributed by atoms with E-state index in [0.29, 0.717) is 55.8 Å². The summed E-state index contributed by atoms with van der Waals surface area (Å²) < 4.78 is 8.72. The number of H-pyrrole nitrogens is 1. The molecule has 0 spiro atoms. The number of carbonyl (C=O) groups excluding carboxylic acids is 1. The van der Waals surface area contributed by atoms with Gasteiger partial charge in [-0.05, 0) is 17.9 Å². The highest BCUT2D eigenvalue weighted by molar-refractivity contribution is 5.74. The van der Waals surface area contributed by atoms with E-state index in [1.54, 1.807) is 7.05 Å². The number of nitrogens with one attached hydrogen (secondary N) is 1. The van der Waals surface area contributed by atoms with Gasteiger partial charge >= 0.3 is 11.7 Å². The molecule has 1 saturated heterocycles. The number of hydrogen-bond acceptors (Lipinski definition) is 7. The van der Waals surface area contributed by atoms with Crippen molar-refractivity contribution in [3.05, 3.63) is 56.7 Å². The summed E-state index contributed by atoms with van der Waals surface area (Å²) in [4.78, 5) is 48.3. The summed E-state index contributed by atoms with van der Waals surface area (Å²) in [7, 11) is 1.61. The Morgan fingerprint density at radius 2 is 1.82 bits per heavy atom. The van der Waals surface area contributed by atoms with Crippen molar-refractivity contribution in [3.8, 4) is 0 Å². The van der Waals surface area contributed by atoms with Crippen molar-refractivity contribution in [3.63, 3.8) is 0 Å². The Balaban J connectivity index is 1.45. The minimum absolute atomic E-state index is 0.235. The number of benzene rings is 1. The number of esters is 1. The van der Waals surface area contributed by atoms with E-state index in [1.807, 2.05) is 34.9 Å². The predicted octanol–water partition coefficient (Wildman–Crippen LogP) is 1.33. The predicted molar refractivity (Wildman–Crippen MR) is 130 cm³/mol. The number of rotatable bonds is 8. The first kappa shape index (κ1) is 23.7. The van der Waals surface area contributed by atoms with Gasteiger partial charge in [0, 0.05) is 39.8 Å². The van der Waals surface area contributed by atoms with E-state index >= 15 is 0 Å². The van der Waals surface area contributed by atoms with E-state index in [2.05, 4.69) is 28.6 Å². The molecule has 0 amide bonds. The summed E-state index contributed by atoms with van der Waals surface area (Å²) in [6.45, 7) is 8.06. The zero-order valence-corrected chi connectivity index (χ0v) is 20.0. The fourth-order valence-corrected chi connectivity index (χ4v) is 4.14. The smallest absolute Gasteiger partial charge is 0.329 e. The second-order valence-electron chi connectivity index (χ2n) is 9.15. The van der Waals surface area contributed by atoms with E-state index in [1.165, 1.54) is 4.57 Å². The molecule has 182 valence electrons. The monoisotopic (exact) mass is 468 g/mol. The third-order valence-corrected chi connectivity index (χ3v) is 6.17. The summed E-state index contributed by atoms with van der Waals surface area (Å²) >= 11 is 0. The quantitative estimate of drug-likeness (QED) is 0.497. The topological polar surface area (TPSA) is 105 Å². The highest BCUT2D eigenvalue weighted by Crippen LogP contribution is 2.22. The number of ether oxygens (including phenoxy) is 1. The zero-order valence-electron chi connectivity index (χ0n) is 20.0. The van der Waals surface area contributed by atoms with Gasteiger partial charge in [0.15, 0.2) is 11.2 Å². The lowest BCUT2D eigenvalue weighted by molar-refractivity contribution is -0.146. The maximum atomic E-state index is 12.6.